The van der Waals surface area contributed by atoms with E-state index in [1.807, 2.05) is 7.05 Å². The summed E-state index contributed by atoms with van der Waals surface area (Å²) in [6.45, 7) is 9.86. The number of ether oxygens (including phenoxy) is 2. The summed E-state index contributed by atoms with van der Waals surface area (Å²) < 4.78 is 10.4. The zero-order valence-electron chi connectivity index (χ0n) is 16.3. The van der Waals surface area contributed by atoms with Crippen LogP contribution >= 0.6 is 24.0 Å². The van der Waals surface area contributed by atoms with Crippen LogP contribution in [0.25, 0.3) is 0 Å². The van der Waals surface area contributed by atoms with Crippen LogP contribution in [-0.2, 0) is 9.47 Å². The maximum Gasteiger partial charge on any atom is 0.190 e. The first-order valence-electron chi connectivity index (χ1n) is 9.18. The van der Waals surface area contributed by atoms with Crippen molar-refractivity contribution in [2.24, 2.45) is 4.99 Å². The van der Waals surface area contributed by atoms with Crippen LogP contribution in [0.3, 0.4) is 0 Å². The summed E-state index contributed by atoms with van der Waals surface area (Å²) in [6, 6.07) is 0. The van der Waals surface area contributed by atoms with Gasteiger partial charge >= 0.3 is 0 Å². The molecule has 1 aliphatic heterocycles. The van der Waals surface area contributed by atoms with Gasteiger partial charge in [-0.1, -0.05) is 0 Å². The van der Waals surface area contributed by atoms with Crippen LogP contribution < -0.4 is 10.6 Å². The molecule has 0 spiro atoms. The maximum absolute atomic E-state index is 5.44. The van der Waals surface area contributed by atoms with Gasteiger partial charge < -0.3 is 29.9 Å². The fraction of sp³-hybridized carbons (Fsp3) is 0.941. The van der Waals surface area contributed by atoms with Gasteiger partial charge in [-0.3, -0.25) is 4.99 Å². The highest BCUT2D eigenvalue weighted by molar-refractivity contribution is 14.0. The summed E-state index contributed by atoms with van der Waals surface area (Å²) in [5, 5.41) is 6.71. The Morgan fingerprint density at radius 3 is 2.48 bits per heavy atom. The Kier molecular flexibility index (Phi) is 17.2. The molecule has 7 nitrogen and oxygen atoms in total. The van der Waals surface area contributed by atoms with Gasteiger partial charge in [-0.05, 0) is 45.9 Å². The topological polar surface area (TPSA) is 61.4 Å². The molecule has 0 unspecified atom stereocenters. The Morgan fingerprint density at radius 1 is 1.00 bits per heavy atom. The number of halogens is 1. The number of hydrogen-bond donors (Lipinski definition) is 2. The van der Waals surface area contributed by atoms with E-state index in [0.29, 0.717) is 13.2 Å². The minimum absolute atomic E-state index is 0. The molecule has 0 bridgehead atoms. The van der Waals surface area contributed by atoms with Gasteiger partial charge in [0.15, 0.2) is 5.96 Å². The molecular formula is C17H38IN5O2. The number of likely N-dealkylation sites (N-methyl/N-ethyl adjacent to an activating group) is 1. The second kappa shape index (κ2) is 17.3. The van der Waals surface area contributed by atoms with Crippen LogP contribution in [0.5, 0.6) is 0 Å². The molecule has 2 N–H and O–H groups in total. The van der Waals surface area contributed by atoms with Crippen LogP contribution in [0.15, 0.2) is 4.99 Å². The average molecular weight is 471 g/mol. The first kappa shape index (κ1) is 24.8. The van der Waals surface area contributed by atoms with E-state index in [4.69, 9.17) is 9.47 Å². The predicted molar refractivity (Wildman–Crippen MR) is 115 cm³/mol. The molecule has 0 aliphatic carbocycles. The molecule has 0 amide bonds. The summed E-state index contributed by atoms with van der Waals surface area (Å²) >= 11 is 0. The normalized spacial score (nSPS) is 17.0. The molecule has 1 rings (SSSR count). The quantitative estimate of drug-likeness (QED) is 0.202. The van der Waals surface area contributed by atoms with Gasteiger partial charge in [-0.25, -0.2) is 0 Å². The van der Waals surface area contributed by atoms with Crippen LogP contribution in [-0.4, -0.2) is 103 Å². The van der Waals surface area contributed by atoms with Crippen molar-refractivity contribution in [2.45, 2.75) is 19.3 Å². The van der Waals surface area contributed by atoms with Crippen LogP contribution in [0.1, 0.15) is 19.3 Å². The van der Waals surface area contributed by atoms with Crippen molar-refractivity contribution in [3.05, 3.63) is 0 Å². The van der Waals surface area contributed by atoms with Crippen molar-refractivity contribution in [1.82, 2.24) is 20.4 Å². The highest BCUT2D eigenvalue weighted by atomic mass is 127. The molecular weight excluding hydrogens is 433 g/mol. The van der Waals surface area contributed by atoms with Gasteiger partial charge in [0.25, 0.3) is 0 Å². The van der Waals surface area contributed by atoms with Crippen LogP contribution in [0.2, 0.25) is 0 Å². The molecule has 0 aromatic heterocycles. The zero-order chi connectivity index (χ0) is 17.5. The van der Waals surface area contributed by atoms with Crippen LogP contribution in [0.4, 0.5) is 0 Å². The van der Waals surface area contributed by atoms with Gasteiger partial charge in [0.1, 0.15) is 0 Å². The Labute approximate surface area is 170 Å². The Balaban J connectivity index is 0.00000576. The molecule has 0 saturated carbocycles. The van der Waals surface area contributed by atoms with E-state index in [2.05, 4.69) is 32.5 Å². The van der Waals surface area contributed by atoms with Gasteiger partial charge in [0.2, 0.25) is 0 Å². The van der Waals surface area contributed by atoms with E-state index >= 15 is 0 Å². The smallest absolute Gasteiger partial charge is 0.190 e. The van der Waals surface area contributed by atoms with E-state index in [9.17, 15) is 0 Å². The minimum Gasteiger partial charge on any atom is -0.382 e. The lowest BCUT2D eigenvalue weighted by Crippen LogP contribution is -2.39. The van der Waals surface area contributed by atoms with E-state index in [-0.39, 0.29) is 24.0 Å². The lowest BCUT2D eigenvalue weighted by atomic mass is 10.3. The standard InChI is InChI=1S/C17H37N5O2.HI/c1-18-17(20-8-5-14-24-16-15-23-3)19-7-4-10-22-11-6-9-21(2)12-13-22;/h4-16H2,1-3H3,(H2,18,19,20);1H. The third-order valence-electron chi connectivity index (χ3n) is 4.17. The second-order valence-corrected chi connectivity index (χ2v) is 6.24. The lowest BCUT2D eigenvalue weighted by molar-refractivity contribution is 0.0698. The Bertz CT molecular complexity index is 334. The minimum atomic E-state index is 0. The number of hydrogen-bond acceptors (Lipinski definition) is 5. The highest BCUT2D eigenvalue weighted by Gasteiger charge is 2.11. The van der Waals surface area contributed by atoms with Crippen molar-refractivity contribution < 1.29 is 9.47 Å². The van der Waals surface area contributed by atoms with Gasteiger partial charge in [0, 0.05) is 46.9 Å². The van der Waals surface area contributed by atoms with E-state index in [0.717, 1.165) is 45.0 Å². The maximum atomic E-state index is 5.44. The number of nitrogens with one attached hydrogen (secondary N) is 2. The van der Waals surface area contributed by atoms with E-state index in [1.165, 1.54) is 32.6 Å². The highest BCUT2D eigenvalue weighted by Crippen LogP contribution is 2.01. The fourth-order valence-electron chi connectivity index (χ4n) is 2.68. The molecule has 25 heavy (non-hydrogen) atoms. The average Bonchev–Trinajstić information content (AvgIpc) is 2.80. The number of rotatable bonds is 11. The lowest BCUT2D eigenvalue weighted by Gasteiger charge is -2.20. The molecule has 1 aliphatic rings. The number of aliphatic imine (C=N–C) groups is 1. The monoisotopic (exact) mass is 471 g/mol. The summed E-state index contributed by atoms with van der Waals surface area (Å²) in [4.78, 5) is 9.25. The Hall–Kier alpha value is -0.160. The second-order valence-electron chi connectivity index (χ2n) is 6.24. The van der Waals surface area contributed by atoms with Crippen molar-refractivity contribution in [2.75, 3.05) is 86.8 Å². The first-order valence-corrected chi connectivity index (χ1v) is 9.18. The van der Waals surface area contributed by atoms with Crippen molar-refractivity contribution in [3.8, 4) is 0 Å². The molecule has 0 aromatic carbocycles. The van der Waals surface area contributed by atoms with E-state index < -0.39 is 0 Å². The Morgan fingerprint density at radius 2 is 1.76 bits per heavy atom. The predicted octanol–water partition coefficient (Wildman–Crippen LogP) is 0.850. The third kappa shape index (κ3) is 13.7. The number of nitrogens with zero attached hydrogens (tertiary/aromatic N) is 3. The third-order valence-corrected chi connectivity index (χ3v) is 4.17. The molecule has 1 saturated heterocycles. The van der Waals surface area contributed by atoms with Crippen molar-refractivity contribution in [3.63, 3.8) is 0 Å². The summed E-state index contributed by atoms with van der Waals surface area (Å²) in [7, 11) is 5.71. The molecule has 8 heteroatoms. The van der Waals surface area contributed by atoms with Crippen molar-refractivity contribution in [1.29, 1.82) is 0 Å². The van der Waals surface area contributed by atoms with Crippen molar-refractivity contribution >= 4 is 29.9 Å². The molecule has 1 fully saturated rings. The SMILES string of the molecule is CN=C(NCCCOCCOC)NCCCN1CCCN(C)CC1.I. The van der Waals surface area contributed by atoms with Gasteiger partial charge in [-0.2, -0.15) is 0 Å². The zero-order valence-corrected chi connectivity index (χ0v) is 18.6. The fourth-order valence-corrected chi connectivity index (χ4v) is 2.68. The molecule has 150 valence electrons. The molecule has 1 heterocycles. The summed E-state index contributed by atoms with van der Waals surface area (Å²) in [5.74, 6) is 0.877. The summed E-state index contributed by atoms with van der Waals surface area (Å²) in [6.07, 6.45) is 3.38. The number of guanidine groups is 1. The van der Waals surface area contributed by atoms with E-state index in [1.54, 1.807) is 7.11 Å². The molecule has 0 aromatic rings. The van der Waals surface area contributed by atoms with Gasteiger partial charge in [0.05, 0.1) is 13.2 Å². The largest absolute Gasteiger partial charge is 0.382 e. The first-order chi connectivity index (χ1) is 11.8. The van der Waals surface area contributed by atoms with Gasteiger partial charge in [-0.15, -0.1) is 24.0 Å². The van der Waals surface area contributed by atoms with Crippen LogP contribution in [0, 0.1) is 0 Å². The molecule has 0 radical (unpaired) electrons. The molecule has 0 atom stereocenters. The number of methoxy groups -OCH3 is 1. The summed E-state index contributed by atoms with van der Waals surface area (Å²) in [5.41, 5.74) is 0.